The summed E-state index contributed by atoms with van der Waals surface area (Å²) < 4.78 is 16.3. The van der Waals surface area contributed by atoms with Crippen LogP contribution < -0.4 is 19.6 Å². The summed E-state index contributed by atoms with van der Waals surface area (Å²) in [6, 6.07) is 13.8. The van der Waals surface area contributed by atoms with Gasteiger partial charge in [0.25, 0.3) is 0 Å². The summed E-state index contributed by atoms with van der Waals surface area (Å²) >= 11 is 0. The maximum Gasteiger partial charge on any atom is 0.203 e. The average molecular weight is 314 g/mol. The molecule has 0 aliphatic rings. The first-order chi connectivity index (χ1) is 11.3. The molecule has 0 bridgehead atoms. The zero-order chi connectivity index (χ0) is 16.5. The van der Waals surface area contributed by atoms with Gasteiger partial charge in [-0.25, -0.2) is 0 Å². The summed E-state index contributed by atoms with van der Waals surface area (Å²) in [5.41, 5.74) is 5.06. The van der Waals surface area contributed by atoms with Gasteiger partial charge >= 0.3 is 0 Å². The van der Waals surface area contributed by atoms with E-state index in [-0.39, 0.29) is 0 Å². The van der Waals surface area contributed by atoms with E-state index in [1.54, 1.807) is 20.4 Å². The van der Waals surface area contributed by atoms with E-state index in [1.165, 1.54) is 5.56 Å². The summed E-state index contributed by atoms with van der Waals surface area (Å²) in [5.74, 6) is 1.85. The minimum Gasteiger partial charge on any atom is -0.493 e. The molecule has 0 aliphatic carbocycles. The van der Waals surface area contributed by atoms with Crippen LogP contribution in [0.5, 0.6) is 17.2 Å². The molecule has 0 fully saturated rings. The van der Waals surface area contributed by atoms with Crippen molar-refractivity contribution in [3.63, 3.8) is 0 Å². The Morgan fingerprint density at radius 1 is 1.04 bits per heavy atom. The Bertz CT molecular complexity index is 617. The predicted molar refractivity (Wildman–Crippen MR) is 91.6 cm³/mol. The monoisotopic (exact) mass is 314 g/mol. The second-order valence-corrected chi connectivity index (χ2v) is 4.77. The van der Waals surface area contributed by atoms with Crippen molar-refractivity contribution in [3.8, 4) is 17.2 Å². The van der Waals surface area contributed by atoms with E-state index in [2.05, 4.69) is 10.5 Å². The highest BCUT2D eigenvalue weighted by molar-refractivity contribution is 5.82. The fourth-order valence-corrected chi connectivity index (χ4v) is 2.11. The molecule has 0 saturated heterocycles. The van der Waals surface area contributed by atoms with Crippen molar-refractivity contribution in [2.24, 2.45) is 5.10 Å². The zero-order valence-corrected chi connectivity index (χ0v) is 13.7. The first-order valence-corrected chi connectivity index (χ1v) is 7.47. The van der Waals surface area contributed by atoms with Crippen LogP contribution >= 0.6 is 0 Å². The van der Waals surface area contributed by atoms with Gasteiger partial charge in [0, 0.05) is 5.56 Å². The Kier molecular flexibility index (Phi) is 6.29. The normalized spacial score (nSPS) is 10.6. The molecule has 5 heteroatoms. The number of hydrogen-bond donors (Lipinski definition) is 1. The topological polar surface area (TPSA) is 52.1 Å². The Morgan fingerprint density at radius 2 is 1.70 bits per heavy atom. The first-order valence-electron chi connectivity index (χ1n) is 7.47. The maximum atomic E-state index is 5.58. The third kappa shape index (κ3) is 4.64. The lowest BCUT2D eigenvalue weighted by atomic mass is 10.2. The van der Waals surface area contributed by atoms with E-state index in [1.807, 2.05) is 49.4 Å². The minimum atomic E-state index is 0.540. The highest BCUT2D eigenvalue weighted by Gasteiger charge is 2.13. The molecular weight excluding hydrogens is 292 g/mol. The number of hydrazone groups is 1. The Hall–Kier alpha value is -2.69. The second-order valence-electron chi connectivity index (χ2n) is 4.77. The van der Waals surface area contributed by atoms with Gasteiger partial charge in [-0.05, 0) is 24.6 Å². The van der Waals surface area contributed by atoms with Crippen molar-refractivity contribution >= 4 is 6.21 Å². The standard InChI is InChI=1S/C18H22N2O3/c1-4-23-18-16(21-2)10-15(11-17(18)22-3)13-20-19-12-14-8-6-5-7-9-14/h5-11,13,19H,4,12H2,1-3H3. The molecule has 5 nitrogen and oxygen atoms in total. The lowest BCUT2D eigenvalue weighted by Crippen LogP contribution is -2.05. The molecule has 0 amide bonds. The van der Waals surface area contributed by atoms with Gasteiger partial charge in [0.05, 0.1) is 33.6 Å². The summed E-state index contributed by atoms with van der Waals surface area (Å²) in [6.07, 6.45) is 1.73. The molecular formula is C18H22N2O3. The predicted octanol–water partition coefficient (Wildman–Crippen LogP) is 3.23. The number of benzene rings is 2. The molecule has 0 aliphatic heterocycles. The third-order valence-corrected chi connectivity index (χ3v) is 3.20. The van der Waals surface area contributed by atoms with Crippen LogP contribution in [0.25, 0.3) is 0 Å². The van der Waals surface area contributed by atoms with Crippen LogP contribution in [-0.2, 0) is 6.54 Å². The van der Waals surface area contributed by atoms with E-state index in [9.17, 15) is 0 Å². The van der Waals surface area contributed by atoms with E-state index in [0.29, 0.717) is 30.4 Å². The van der Waals surface area contributed by atoms with Crippen LogP contribution in [0.1, 0.15) is 18.1 Å². The molecule has 0 unspecified atom stereocenters. The van der Waals surface area contributed by atoms with Crippen molar-refractivity contribution in [2.75, 3.05) is 20.8 Å². The van der Waals surface area contributed by atoms with Crippen molar-refractivity contribution in [1.29, 1.82) is 0 Å². The zero-order valence-electron chi connectivity index (χ0n) is 13.7. The van der Waals surface area contributed by atoms with Gasteiger partial charge in [0.15, 0.2) is 11.5 Å². The molecule has 1 N–H and O–H groups in total. The third-order valence-electron chi connectivity index (χ3n) is 3.20. The van der Waals surface area contributed by atoms with Crippen molar-refractivity contribution in [2.45, 2.75) is 13.5 Å². The molecule has 0 aromatic heterocycles. The Morgan fingerprint density at radius 3 is 2.26 bits per heavy atom. The second kappa shape index (κ2) is 8.68. The van der Waals surface area contributed by atoms with Gasteiger partial charge in [0.2, 0.25) is 5.75 Å². The van der Waals surface area contributed by atoms with Crippen LogP contribution in [0.15, 0.2) is 47.6 Å². The van der Waals surface area contributed by atoms with Crippen molar-refractivity contribution in [3.05, 3.63) is 53.6 Å². The first kappa shape index (κ1) is 16.7. The summed E-state index contributed by atoms with van der Waals surface area (Å²) in [4.78, 5) is 0. The van der Waals surface area contributed by atoms with Gasteiger partial charge in [-0.3, -0.25) is 0 Å². The molecule has 0 heterocycles. The molecule has 122 valence electrons. The number of methoxy groups -OCH3 is 2. The molecule has 0 spiro atoms. The molecule has 0 saturated carbocycles. The van der Waals surface area contributed by atoms with Crippen molar-refractivity contribution < 1.29 is 14.2 Å². The van der Waals surface area contributed by atoms with Gasteiger partial charge in [0.1, 0.15) is 0 Å². The van der Waals surface area contributed by atoms with Gasteiger partial charge in [-0.1, -0.05) is 30.3 Å². The highest BCUT2D eigenvalue weighted by Crippen LogP contribution is 2.38. The van der Waals surface area contributed by atoms with Crippen LogP contribution in [0.2, 0.25) is 0 Å². The van der Waals surface area contributed by atoms with Crippen LogP contribution in [-0.4, -0.2) is 27.0 Å². The molecule has 23 heavy (non-hydrogen) atoms. The number of hydrogen-bond acceptors (Lipinski definition) is 5. The lowest BCUT2D eigenvalue weighted by molar-refractivity contribution is 0.288. The molecule has 2 aromatic carbocycles. The molecule has 0 atom stereocenters. The van der Waals surface area contributed by atoms with E-state index in [0.717, 1.165) is 5.56 Å². The lowest BCUT2D eigenvalue weighted by Gasteiger charge is -2.14. The van der Waals surface area contributed by atoms with Crippen LogP contribution in [0.4, 0.5) is 0 Å². The average Bonchev–Trinajstić information content (AvgIpc) is 2.60. The van der Waals surface area contributed by atoms with Crippen LogP contribution in [0, 0.1) is 0 Å². The van der Waals surface area contributed by atoms with E-state index in [4.69, 9.17) is 14.2 Å². The summed E-state index contributed by atoms with van der Waals surface area (Å²) in [5, 5.41) is 4.24. The van der Waals surface area contributed by atoms with Crippen molar-refractivity contribution in [1.82, 2.24) is 5.43 Å². The largest absolute Gasteiger partial charge is 0.493 e. The van der Waals surface area contributed by atoms with E-state index >= 15 is 0 Å². The summed E-state index contributed by atoms with van der Waals surface area (Å²) in [6.45, 7) is 3.13. The Balaban J connectivity index is 2.08. The van der Waals surface area contributed by atoms with Crippen LogP contribution in [0.3, 0.4) is 0 Å². The van der Waals surface area contributed by atoms with Gasteiger partial charge < -0.3 is 19.6 Å². The maximum absolute atomic E-state index is 5.58. The molecule has 2 aromatic rings. The van der Waals surface area contributed by atoms with Gasteiger partial charge in [-0.2, -0.15) is 5.10 Å². The number of ether oxygens (including phenoxy) is 3. The fourth-order valence-electron chi connectivity index (χ4n) is 2.11. The summed E-state index contributed by atoms with van der Waals surface area (Å²) in [7, 11) is 3.21. The fraction of sp³-hybridized carbons (Fsp3) is 0.278. The van der Waals surface area contributed by atoms with Gasteiger partial charge in [-0.15, -0.1) is 0 Å². The highest BCUT2D eigenvalue weighted by atomic mass is 16.5. The number of nitrogens with zero attached hydrogens (tertiary/aromatic N) is 1. The SMILES string of the molecule is CCOc1c(OC)cc(C=NNCc2ccccc2)cc1OC. The number of rotatable bonds is 8. The minimum absolute atomic E-state index is 0.540. The molecule has 0 radical (unpaired) electrons. The van der Waals surface area contributed by atoms with E-state index < -0.39 is 0 Å². The number of nitrogens with one attached hydrogen (secondary N) is 1. The Labute approximate surface area is 136 Å². The molecule has 2 rings (SSSR count). The smallest absolute Gasteiger partial charge is 0.203 e. The quantitative estimate of drug-likeness (QED) is 0.600.